The zero-order chi connectivity index (χ0) is 21.3. The van der Waals surface area contributed by atoms with E-state index >= 15 is 4.39 Å². The average molecular weight is 407 g/mol. The highest BCUT2D eigenvalue weighted by Crippen LogP contribution is 2.41. The molecule has 1 N–H and O–H groups in total. The van der Waals surface area contributed by atoms with E-state index in [1.165, 1.54) is 12.3 Å². The van der Waals surface area contributed by atoms with Gasteiger partial charge >= 0.3 is 5.97 Å². The molecule has 2 aromatic rings. The molecule has 1 aromatic heterocycles. The zero-order valence-electron chi connectivity index (χ0n) is 16.5. The van der Waals surface area contributed by atoms with Gasteiger partial charge in [0.05, 0.1) is 12.3 Å². The molecule has 6 nitrogen and oxygen atoms in total. The maximum Gasteiger partial charge on any atom is 0.341 e. The van der Waals surface area contributed by atoms with E-state index in [0.29, 0.717) is 25.0 Å². The van der Waals surface area contributed by atoms with Gasteiger partial charge in [0.2, 0.25) is 5.82 Å². The van der Waals surface area contributed by atoms with Crippen molar-refractivity contribution in [3.05, 3.63) is 51.3 Å². The van der Waals surface area contributed by atoms with Crippen LogP contribution < -0.4 is 10.2 Å². The molecule has 0 saturated heterocycles. The highest BCUT2D eigenvalue weighted by Gasteiger charge is 2.32. The van der Waals surface area contributed by atoms with Crippen LogP contribution in [0.2, 0.25) is 0 Å². The Labute approximate surface area is 166 Å². The Morgan fingerprint density at radius 1 is 1.28 bits per heavy atom. The predicted octanol–water partition coefficient (Wildman–Crippen LogP) is 3.66. The molecule has 0 radical (unpaired) electrons. The number of aromatic nitrogens is 1. The Bertz CT molecular complexity index is 1000. The van der Waals surface area contributed by atoms with Crippen LogP contribution in [-0.4, -0.2) is 36.0 Å². The van der Waals surface area contributed by atoms with Gasteiger partial charge in [0.1, 0.15) is 5.56 Å². The second-order valence-electron chi connectivity index (χ2n) is 7.40. The van der Waals surface area contributed by atoms with Gasteiger partial charge in [0.25, 0.3) is 0 Å². The van der Waals surface area contributed by atoms with Crippen LogP contribution in [0.5, 0.6) is 5.75 Å². The van der Waals surface area contributed by atoms with Crippen molar-refractivity contribution in [1.82, 2.24) is 4.57 Å². The lowest BCUT2D eigenvalue weighted by Gasteiger charge is -2.33. The summed E-state index contributed by atoms with van der Waals surface area (Å²) >= 11 is 0. The molecule has 3 rings (SSSR count). The number of methoxy groups -OCH3 is 1. The molecular formula is C21H23F2NO5. The Hall–Kier alpha value is -2.74. The molecule has 29 heavy (non-hydrogen) atoms. The molecule has 1 atom stereocenters. The van der Waals surface area contributed by atoms with Gasteiger partial charge in [0.15, 0.2) is 17.0 Å². The molecule has 0 aliphatic carbocycles. The molecule has 2 heterocycles. The molecule has 1 aromatic carbocycles. The molecular weight excluding hydrogens is 384 g/mol. The highest BCUT2D eigenvalue weighted by molar-refractivity contribution is 5.87. The number of hydrogen-bond donors (Lipinski definition) is 1. The van der Waals surface area contributed by atoms with Crippen LogP contribution in [-0.2, 0) is 11.2 Å². The smallest absolute Gasteiger partial charge is 0.341 e. The Balaban J connectivity index is 2.14. The Morgan fingerprint density at radius 2 is 2.00 bits per heavy atom. The van der Waals surface area contributed by atoms with Crippen LogP contribution in [0.4, 0.5) is 8.78 Å². The minimum atomic E-state index is -1.36. The molecule has 1 unspecified atom stereocenters. The maximum absolute atomic E-state index is 15.0. The van der Waals surface area contributed by atoms with Gasteiger partial charge < -0.3 is 19.1 Å². The normalized spacial score (nSPS) is 15.2. The first-order chi connectivity index (χ1) is 13.8. The van der Waals surface area contributed by atoms with Crippen molar-refractivity contribution in [2.75, 3.05) is 20.3 Å². The third kappa shape index (κ3) is 3.89. The Morgan fingerprint density at radius 3 is 2.62 bits per heavy atom. The maximum atomic E-state index is 15.0. The summed E-state index contributed by atoms with van der Waals surface area (Å²) in [4.78, 5) is 23.6. The highest BCUT2D eigenvalue weighted by atomic mass is 19.2. The van der Waals surface area contributed by atoms with Crippen molar-refractivity contribution in [2.45, 2.75) is 32.7 Å². The Kier molecular flexibility index (Phi) is 6.02. The summed E-state index contributed by atoms with van der Waals surface area (Å²) in [7, 11) is 1.54. The fourth-order valence-corrected chi connectivity index (χ4v) is 3.65. The van der Waals surface area contributed by atoms with Crippen molar-refractivity contribution < 1.29 is 28.2 Å². The number of carboxylic acid groups (broad SMARTS) is 1. The summed E-state index contributed by atoms with van der Waals surface area (Å²) in [6, 6.07) is 2.32. The number of rotatable bonds is 7. The predicted molar refractivity (Wildman–Crippen MR) is 103 cm³/mol. The van der Waals surface area contributed by atoms with Gasteiger partial charge in [-0.15, -0.1) is 0 Å². The first kappa shape index (κ1) is 21.0. The van der Waals surface area contributed by atoms with Crippen molar-refractivity contribution in [3.63, 3.8) is 0 Å². The van der Waals surface area contributed by atoms with Crippen molar-refractivity contribution >= 4 is 5.97 Å². The summed E-state index contributed by atoms with van der Waals surface area (Å²) in [5.41, 5.74) is -0.493. The molecule has 1 aliphatic heterocycles. The van der Waals surface area contributed by atoms with Gasteiger partial charge in [-0.05, 0) is 24.0 Å². The second kappa shape index (κ2) is 8.32. The number of aromatic carboxylic acids is 1. The van der Waals surface area contributed by atoms with Gasteiger partial charge in [-0.3, -0.25) is 4.79 Å². The third-order valence-electron chi connectivity index (χ3n) is 5.13. The summed E-state index contributed by atoms with van der Waals surface area (Å²) in [6.45, 7) is 4.50. The molecule has 0 saturated carbocycles. The zero-order valence-corrected chi connectivity index (χ0v) is 16.5. The van der Waals surface area contributed by atoms with E-state index < -0.39 is 28.6 Å². The summed E-state index contributed by atoms with van der Waals surface area (Å²) in [5.74, 6) is -3.72. The van der Waals surface area contributed by atoms with Crippen LogP contribution in [0.25, 0.3) is 11.3 Å². The van der Waals surface area contributed by atoms with E-state index in [-0.39, 0.29) is 35.6 Å². The van der Waals surface area contributed by atoms with Gasteiger partial charge in [-0.25, -0.2) is 9.18 Å². The lowest BCUT2D eigenvalue weighted by Crippen LogP contribution is -2.29. The lowest BCUT2D eigenvalue weighted by atomic mass is 9.86. The largest absolute Gasteiger partial charge is 0.490 e. The fraction of sp³-hybridized carbons (Fsp3) is 0.429. The molecule has 0 fully saturated rings. The minimum absolute atomic E-state index is 0.0299. The van der Waals surface area contributed by atoms with E-state index in [4.69, 9.17) is 9.47 Å². The first-order valence-electron chi connectivity index (χ1n) is 9.38. The van der Waals surface area contributed by atoms with Crippen LogP contribution in [0, 0.1) is 17.6 Å². The number of carboxylic acids is 1. The monoisotopic (exact) mass is 407 g/mol. The van der Waals surface area contributed by atoms with Crippen LogP contribution in [0.15, 0.2) is 23.1 Å². The average Bonchev–Trinajstić information content (AvgIpc) is 2.66. The number of halogens is 2. The van der Waals surface area contributed by atoms with E-state index in [2.05, 4.69) is 0 Å². The minimum Gasteiger partial charge on any atom is -0.490 e. The van der Waals surface area contributed by atoms with Crippen molar-refractivity contribution in [1.29, 1.82) is 0 Å². The van der Waals surface area contributed by atoms with Crippen LogP contribution in [0.3, 0.4) is 0 Å². The number of benzene rings is 1. The van der Waals surface area contributed by atoms with Crippen LogP contribution in [0.1, 0.15) is 42.2 Å². The first-order valence-corrected chi connectivity index (χ1v) is 9.38. The fourth-order valence-electron chi connectivity index (χ4n) is 3.65. The van der Waals surface area contributed by atoms with Crippen molar-refractivity contribution in [2.24, 2.45) is 5.92 Å². The summed E-state index contributed by atoms with van der Waals surface area (Å²) in [6.07, 6.45) is 2.10. The van der Waals surface area contributed by atoms with E-state index in [0.717, 1.165) is 6.07 Å². The van der Waals surface area contributed by atoms with Gasteiger partial charge in [-0.1, -0.05) is 13.8 Å². The number of nitrogens with zero attached hydrogens (tertiary/aromatic N) is 1. The molecule has 1 aliphatic rings. The third-order valence-corrected chi connectivity index (χ3v) is 5.13. The van der Waals surface area contributed by atoms with Gasteiger partial charge in [0, 0.05) is 44.0 Å². The molecule has 8 heteroatoms. The molecule has 0 amide bonds. The lowest BCUT2D eigenvalue weighted by molar-refractivity contribution is 0.0694. The molecule has 0 spiro atoms. The molecule has 156 valence electrons. The van der Waals surface area contributed by atoms with Crippen LogP contribution >= 0.6 is 0 Å². The molecule has 0 bridgehead atoms. The number of hydrogen-bond acceptors (Lipinski definition) is 4. The number of carbonyl (C=O) groups is 1. The van der Waals surface area contributed by atoms with Crippen molar-refractivity contribution in [3.8, 4) is 17.0 Å². The van der Waals surface area contributed by atoms with E-state index in [9.17, 15) is 19.1 Å². The summed E-state index contributed by atoms with van der Waals surface area (Å²) < 4.78 is 41.5. The number of pyridine rings is 1. The number of fused-ring (bicyclic) bond motifs is 3. The quantitative estimate of drug-likeness (QED) is 0.709. The summed E-state index contributed by atoms with van der Waals surface area (Å²) in [5, 5.41) is 9.27. The standard InChI is InChI=1S/C21H23F2NO5/c1-11(2)14-7-12-8-17(29-6-4-5-28-3)19(22)20(23)18(12)15-9-16(25)13(21(26)27)10-24(14)15/h8-11,14H,4-7H2,1-3H3,(H,26,27). The topological polar surface area (TPSA) is 77.8 Å². The number of ether oxygens (including phenoxy) is 2. The van der Waals surface area contributed by atoms with E-state index in [1.54, 1.807) is 11.7 Å². The second-order valence-corrected chi connectivity index (χ2v) is 7.40. The SMILES string of the molecule is COCCCOc1cc2c(c(F)c1F)-c1cc(=O)c(C(=O)O)cn1C(C(C)C)C2. The van der Waals surface area contributed by atoms with E-state index in [1.807, 2.05) is 13.8 Å². The van der Waals surface area contributed by atoms with Gasteiger partial charge in [-0.2, -0.15) is 4.39 Å².